The van der Waals surface area contributed by atoms with E-state index < -0.39 is 0 Å². The van der Waals surface area contributed by atoms with Gasteiger partial charge in [-0.25, -0.2) is 0 Å². The first-order valence-electron chi connectivity index (χ1n) is 4.70. The fourth-order valence-electron chi connectivity index (χ4n) is 1.70. The second-order valence-corrected chi connectivity index (χ2v) is 4.19. The van der Waals surface area contributed by atoms with Crippen molar-refractivity contribution in [2.24, 2.45) is 5.92 Å². The first-order valence-corrected chi connectivity index (χ1v) is 5.82. The molecule has 1 fully saturated rings. The molecule has 11 heavy (non-hydrogen) atoms. The van der Waals surface area contributed by atoms with E-state index in [1.807, 2.05) is 0 Å². The molecule has 1 heterocycles. The average Bonchev–Trinajstić information content (AvgIpc) is 2.07. The molecule has 0 aliphatic carbocycles. The van der Waals surface area contributed by atoms with Crippen LogP contribution in [0.2, 0.25) is 0 Å². The van der Waals surface area contributed by atoms with Crippen molar-refractivity contribution in [3.05, 3.63) is 0 Å². The van der Waals surface area contributed by atoms with Crippen molar-refractivity contribution < 1.29 is 0 Å². The summed E-state index contributed by atoms with van der Waals surface area (Å²) >= 11 is 3.46. The van der Waals surface area contributed by atoms with Gasteiger partial charge in [0.05, 0.1) is 0 Å². The van der Waals surface area contributed by atoms with Crippen LogP contribution in [0.15, 0.2) is 0 Å². The molecule has 0 radical (unpaired) electrons. The van der Waals surface area contributed by atoms with Gasteiger partial charge in [0.15, 0.2) is 0 Å². The average molecular weight is 220 g/mol. The van der Waals surface area contributed by atoms with Gasteiger partial charge in [0.25, 0.3) is 0 Å². The number of halogens is 1. The van der Waals surface area contributed by atoms with Crippen LogP contribution in [0.4, 0.5) is 0 Å². The van der Waals surface area contributed by atoms with E-state index in [1.54, 1.807) is 0 Å². The van der Waals surface area contributed by atoms with Crippen molar-refractivity contribution >= 4 is 15.9 Å². The summed E-state index contributed by atoms with van der Waals surface area (Å²) in [6.45, 7) is 2.51. The van der Waals surface area contributed by atoms with Gasteiger partial charge in [-0.1, -0.05) is 22.4 Å². The molecule has 0 bridgehead atoms. The van der Waals surface area contributed by atoms with E-state index in [9.17, 15) is 0 Å². The van der Waals surface area contributed by atoms with Crippen LogP contribution in [0.1, 0.15) is 32.1 Å². The largest absolute Gasteiger partial charge is 0.316 e. The standard InChI is InChI=1S/C9H18BrN/c10-6-2-1-4-9-5-3-7-11-8-9/h9,11H,1-8H2/t9-/m0/s1. The Morgan fingerprint density at radius 2 is 2.27 bits per heavy atom. The third-order valence-corrected chi connectivity index (χ3v) is 2.96. The number of hydrogen-bond acceptors (Lipinski definition) is 1. The maximum atomic E-state index is 3.46. The normalized spacial score (nSPS) is 25.4. The maximum Gasteiger partial charge on any atom is 0.00313 e. The first-order chi connectivity index (χ1) is 5.43. The van der Waals surface area contributed by atoms with Gasteiger partial charge < -0.3 is 5.32 Å². The molecule has 1 saturated heterocycles. The molecular weight excluding hydrogens is 202 g/mol. The zero-order chi connectivity index (χ0) is 7.94. The molecule has 1 rings (SSSR count). The highest BCUT2D eigenvalue weighted by Crippen LogP contribution is 2.16. The molecule has 1 aliphatic rings. The molecule has 0 aromatic carbocycles. The minimum Gasteiger partial charge on any atom is -0.316 e. The van der Waals surface area contributed by atoms with Gasteiger partial charge >= 0.3 is 0 Å². The third-order valence-electron chi connectivity index (χ3n) is 2.39. The lowest BCUT2D eigenvalue weighted by atomic mass is 9.94. The molecule has 0 spiro atoms. The number of piperidine rings is 1. The number of hydrogen-bond donors (Lipinski definition) is 1. The molecular formula is C9H18BrN. The molecule has 0 unspecified atom stereocenters. The Kier molecular flexibility index (Phi) is 5.21. The highest BCUT2D eigenvalue weighted by Gasteiger charge is 2.11. The summed E-state index contributed by atoms with van der Waals surface area (Å²) in [5.41, 5.74) is 0. The van der Waals surface area contributed by atoms with Crippen LogP contribution in [-0.4, -0.2) is 18.4 Å². The quantitative estimate of drug-likeness (QED) is 0.567. The van der Waals surface area contributed by atoms with Crippen LogP contribution in [-0.2, 0) is 0 Å². The minimum atomic E-state index is 0.975. The fourth-order valence-corrected chi connectivity index (χ4v) is 2.09. The molecule has 2 heteroatoms. The van der Waals surface area contributed by atoms with Gasteiger partial charge in [0.1, 0.15) is 0 Å². The van der Waals surface area contributed by atoms with E-state index in [0.29, 0.717) is 0 Å². The number of nitrogens with one attached hydrogen (secondary N) is 1. The molecule has 1 nitrogen and oxygen atoms in total. The van der Waals surface area contributed by atoms with E-state index in [0.717, 1.165) is 5.92 Å². The van der Waals surface area contributed by atoms with Crippen LogP contribution in [0, 0.1) is 5.92 Å². The second-order valence-electron chi connectivity index (χ2n) is 3.40. The molecule has 0 aromatic heterocycles. The zero-order valence-electron chi connectivity index (χ0n) is 7.11. The monoisotopic (exact) mass is 219 g/mol. The zero-order valence-corrected chi connectivity index (χ0v) is 8.70. The van der Waals surface area contributed by atoms with Gasteiger partial charge in [0.2, 0.25) is 0 Å². The Morgan fingerprint density at radius 1 is 1.36 bits per heavy atom. The van der Waals surface area contributed by atoms with Crippen LogP contribution in [0.5, 0.6) is 0 Å². The van der Waals surface area contributed by atoms with E-state index >= 15 is 0 Å². The summed E-state index contributed by atoms with van der Waals surface area (Å²) in [6.07, 6.45) is 7.01. The number of unbranched alkanes of at least 4 members (excludes halogenated alkanes) is 1. The van der Waals surface area contributed by atoms with Gasteiger partial charge in [-0.2, -0.15) is 0 Å². The van der Waals surface area contributed by atoms with E-state index in [-0.39, 0.29) is 0 Å². The van der Waals surface area contributed by atoms with Crippen molar-refractivity contribution in [2.45, 2.75) is 32.1 Å². The summed E-state index contributed by atoms with van der Waals surface area (Å²) in [6, 6.07) is 0. The Morgan fingerprint density at radius 3 is 2.91 bits per heavy atom. The van der Waals surface area contributed by atoms with Crippen molar-refractivity contribution in [3.63, 3.8) is 0 Å². The van der Waals surface area contributed by atoms with E-state index in [4.69, 9.17) is 0 Å². The summed E-state index contributed by atoms with van der Waals surface area (Å²) in [5, 5.41) is 4.62. The molecule has 66 valence electrons. The van der Waals surface area contributed by atoms with E-state index in [2.05, 4.69) is 21.2 Å². The number of rotatable bonds is 4. The molecule has 0 amide bonds. The van der Waals surface area contributed by atoms with Crippen LogP contribution in [0.25, 0.3) is 0 Å². The molecule has 1 N–H and O–H groups in total. The first kappa shape index (κ1) is 9.53. The highest BCUT2D eigenvalue weighted by atomic mass is 79.9. The van der Waals surface area contributed by atoms with Gasteiger partial charge in [-0.05, 0) is 44.7 Å². The van der Waals surface area contributed by atoms with Crippen molar-refractivity contribution in [1.82, 2.24) is 5.32 Å². The smallest absolute Gasteiger partial charge is 0.00313 e. The van der Waals surface area contributed by atoms with Gasteiger partial charge in [-0.15, -0.1) is 0 Å². The van der Waals surface area contributed by atoms with E-state index in [1.165, 1.54) is 50.5 Å². The SMILES string of the molecule is BrCCCC[C@H]1CCCNC1. The Labute approximate surface area is 78.1 Å². The number of alkyl halides is 1. The topological polar surface area (TPSA) is 12.0 Å². The van der Waals surface area contributed by atoms with Crippen LogP contribution < -0.4 is 5.32 Å². The molecule has 1 aliphatic heterocycles. The van der Waals surface area contributed by atoms with Crippen LogP contribution in [0.3, 0.4) is 0 Å². The van der Waals surface area contributed by atoms with Crippen LogP contribution >= 0.6 is 15.9 Å². The Hall–Kier alpha value is 0.440. The lowest BCUT2D eigenvalue weighted by Crippen LogP contribution is -2.29. The van der Waals surface area contributed by atoms with Crippen molar-refractivity contribution in [3.8, 4) is 0 Å². The second kappa shape index (κ2) is 6.01. The summed E-state index contributed by atoms with van der Waals surface area (Å²) in [5.74, 6) is 0.975. The predicted octanol–water partition coefficient (Wildman–Crippen LogP) is 2.55. The summed E-state index contributed by atoms with van der Waals surface area (Å²) in [7, 11) is 0. The molecule has 0 aromatic rings. The van der Waals surface area contributed by atoms with Crippen molar-refractivity contribution in [1.29, 1.82) is 0 Å². The van der Waals surface area contributed by atoms with Crippen molar-refractivity contribution in [2.75, 3.05) is 18.4 Å². The fraction of sp³-hybridized carbons (Fsp3) is 1.00. The maximum absolute atomic E-state index is 3.46. The Bertz CT molecular complexity index is 89.6. The Balaban J connectivity index is 1.96. The third kappa shape index (κ3) is 4.12. The summed E-state index contributed by atoms with van der Waals surface area (Å²) < 4.78 is 0. The van der Waals surface area contributed by atoms with Gasteiger partial charge in [-0.3, -0.25) is 0 Å². The molecule has 1 atom stereocenters. The summed E-state index contributed by atoms with van der Waals surface area (Å²) in [4.78, 5) is 0. The highest BCUT2D eigenvalue weighted by molar-refractivity contribution is 9.09. The van der Waals surface area contributed by atoms with Gasteiger partial charge in [0, 0.05) is 5.33 Å². The minimum absolute atomic E-state index is 0.975. The lowest BCUT2D eigenvalue weighted by Gasteiger charge is -2.22. The predicted molar refractivity (Wildman–Crippen MR) is 53.2 cm³/mol. The molecule has 0 saturated carbocycles. The lowest BCUT2D eigenvalue weighted by molar-refractivity contribution is 0.350.